The maximum Gasteiger partial charge on any atom is 0.188 e. The van der Waals surface area contributed by atoms with Gasteiger partial charge in [0.15, 0.2) is 5.96 Å². The molecule has 3 N–H and O–H groups in total. The van der Waals surface area contributed by atoms with Crippen molar-refractivity contribution in [3.05, 3.63) is 0 Å². The molecule has 16 heavy (non-hydrogen) atoms. The van der Waals surface area contributed by atoms with Gasteiger partial charge in [0.05, 0.1) is 6.54 Å². The molecule has 0 rings (SSSR count). The first-order chi connectivity index (χ1) is 7.52. The molecule has 0 atom stereocenters. The van der Waals surface area contributed by atoms with E-state index >= 15 is 0 Å². The molecule has 0 spiro atoms. The highest BCUT2D eigenvalue weighted by Gasteiger charge is 2.14. The lowest BCUT2D eigenvalue weighted by Gasteiger charge is -2.19. The van der Waals surface area contributed by atoms with E-state index in [1.165, 1.54) is 25.7 Å². The van der Waals surface area contributed by atoms with Crippen molar-refractivity contribution in [3.8, 4) is 0 Å². The second kappa shape index (κ2) is 8.74. The highest BCUT2D eigenvalue weighted by Crippen LogP contribution is 2.20. The zero-order chi connectivity index (χ0) is 12.4. The molecule has 0 aromatic carbocycles. The van der Waals surface area contributed by atoms with E-state index in [1.54, 1.807) is 0 Å². The highest BCUT2D eigenvalue weighted by molar-refractivity contribution is 7.99. The Morgan fingerprint density at radius 3 is 2.56 bits per heavy atom. The number of rotatable bonds is 8. The molecule has 0 bridgehead atoms. The molecule has 0 aliphatic heterocycles. The van der Waals surface area contributed by atoms with Crippen LogP contribution in [0.2, 0.25) is 0 Å². The Bertz CT molecular complexity index is 202. The lowest BCUT2D eigenvalue weighted by atomic mass is 10.2. The van der Waals surface area contributed by atoms with Crippen molar-refractivity contribution < 1.29 is 0 Å². The maximum atomic E-state index is 5.78. The van der Waals surface area contributed by atoms with E-state index in [0.717, 1.165) is 13.1 Å². The summed E-state index contributed by atoms with van der Waals surface area (Å²) in [5.74, 6) is 0.582. The summed E-state index contributed by atoms with van der Waals surface area (Å²) in [6.45, 7) is 8.27. The zero-order valence-electron chi connectivity index (χ0n) is 11.2. The first-order valence-electron chi connectivity index (χ1n) is 6.11. The molecule has 0 aromatic rings. The molecule has 4 heteroatoms. The molecule has 0 aliphatic carbocycles. The molecular weight excluding hydrogens is 218 g/mol. The first-order valence-corrected chi connectivity index (χ1v) is 7.33. The number of guanidine groups is 1. The van der Waals surface area contributed by atoms with Crippen LogP contribution in [-0.2, 0) is 0 Å². The van der Waals surface area contributed by atoms with Crippen molar-refractivity contribution >= 4 is 17.7 Å². The van der Waals surface area contributed by atoms with Crippen LogP contribution in [0.25, 0.3) is 0 Å². The van der Waals surface area contributed by atoms with Gasteiger partial charge in [-0.2, -0.15) is 11.8 Å². The predicted molar refractivity (Wildman–Crippen MR) is 76.2 cm³/mol. The Labute approximate surface area is 105 Å². The molecule has 0 heterocycles. The van der Waals surface area contributed by atoms with Crippen molar-refractivity contribution in [1.29, 1.82) is 0 Å². The van der Waals surface area contributed by atoms with E-state index in [1.807, 2.05) is 11.8 Å². The van der Waals surface area contributed by atoms with Gasteiger partial charge in [0, 0.05) is 11.3 Å². The lowest BCUT2D eigenvalue weighted by molar-refractivity contribution is 0.650. The normalized spacial score (nSPS) is 12.9. The second-order valence-electron chi connectivity index (χ2n) is 4.65. The monoisotopic (exact) mass is 245 g/mol. The van der Waals surface area contributed by atoms with Crippen molar-refractivity contribution in [2.24, 2.45) is 10.7 Å². The fourth-order valence-corrected chi connectivity index (χ4v) is 1.36. The van der Waals surface area contributed by atoms with E-state index in [2.05, 4.69) is 37.3 Å². The number of hydrogen-bond donors (Lipinski definition) is 2. The Kier molecular flexibility index (Phi) is 8.53. The average molecular weight is 245 g/mol. The smallest absolute Gasteiger partial charge is 0.188 e. The quantitative estimate of drug-likeness (QED) is 0.393. The van der Waals surface area contributed by atoms with Crippen LogP contribution in [0.3, 0.4) is 0 Å². The van der Waals surface area contributed by atoms with E-state index < -0.39 is 0 Å². The third-order valence-electron chi connectivity index (χ3n) is 2.52. The fraction of sp³-hybridized carbons (Fsp3) is 0.917. The van der Waals surface area contributed by atoms with Gasteiger partial charge in [-0.3, -0.25) is 4.99 Å². The standard InChI is InChI=1S/C12H27N3S/c1-5-6-7-8-9-14-11(13)15-10-12(2,3)16-4/h5-10H2,1-4H3,(H3,13,14,15). The Morgan fingerprint density at radius 2 is 2.00 bits per heavy atom. The van der Waals surface area contributed by atoms with Crippen LogP contribution in [0.5, 0.6) is 0 Å². The number of hydrogen-bond acceptors (Lipinski definition) is 2. The molecule has 0 radical (unpaired) electrons. The van der Waals surface area contributed by atoms with Crippen LogP contribution in [0, 0.1) is 0 Å². The Balaban J connectivity index is 3.63. The van der Waals surface area contributed by atoms with Gasteiger partial charge in [0.25, 0.3) is 0 Å². The number of aliphatic imine (C=N–C) groups is 1. The molecule has 0 fully saturated rings. The largest absolute Gasteiger partial charge is 0.370 e. The number of unbranched alkanes of at least 4 members (excludes halogenated alkanes) is 3. The van der Waals surface area contributed by atoms with Gasteiger partial charge < -0.3 is 11.1 Å². The van der Waals surface area contributed by atoms with Gasteiger partial charge in [0.1, 0.15) is 0 Å². The highest BCUT2D eigenvalue weighted by atomic mass is 32.2. The molecule has 0 unspecified atom stereocenters. The molecule has 0 aromatic heterocycles. The summed E-state index contributed by atoms with van der Waals surface area (Å²) in [5.41, 5.74) is 5.78. The van der Waals surface area contributed by atoms with Gasteiger partial charge >= 0.3 is 0 Å². The van der Waals surface area contributed by atoms with E-state index in [4.69, 9.17) is 5.73 Å². The molecule has 0 saturated carbocycles. The van der Waals surface area contributed by atoms with Gasteiger partial charge in [-0.25, -0.2) is 0 Å². The molecule has 0 aliphatic rings. The fourth-order valence-electron chi connectivity index (χ4n) is 1.16. The van der Waals surface area contributed by atoms with Crippen molar-refractivity contribution in [1.82, 2.24) is 5.32 Å². The lowest BCUT2D eigenvalue weighted by Crippen LogP contribution is -2.34. The Morgan fingerprint density at radius 1 is 1.31 bits per heavy atom. The molecular formula is C12H27N3S. The van der Waals surface area contributed by atoms with Crippen LogP contribution in [-0.4, -0.2) is 30.1 Å². The van der Waals surface area contributed by atoms with Crippen LogP contribution >= 0.6 is 11.8 Å². The number of nitrogens with zero attached hydrogens (tertiary/aromatic N) is 1. The van der Waals surface area contributed by atoms with Crippen molar-refractivity contribution in [3.63, 3.8) is 0 Å². The summed E-state index contributed by atoms with van der Waals surface area (Å²) in [6.07, 6.45) is 7.12. The van der Waals surface area contributed by atoms with Gasteiger partial charge in [-0.15, -0.1) is 0 Å². The van der Waals surface area contributed by atoms with Crippen molar-refractivity contribution in [2.75, 3.05) is 19.3 Å². The maximum absolute atomic E-state index is 5.78. The summed E-state index contributed by atoms with van der Waals surface area (Å²) in [7, 11) is 0. The van der Waals surface area contributed by atoms with Gasteiger partial charge in [-0.05, 0) is 26.5 Å². The van der Waals surface area contributed by atoms with E-state index in [9.17, 15) is 0 Å². The van der Waals surface area contributed by atoms with Crippen LogP contribution < -0.4 is 11.1 Å². The van der Waals surface area contributed by atoms with Gasteiger partial charge in [0.2, 0.25) is 0 Å². The summed E-state index contributed by atoms with van der Waals surface area (Å²) < 4.78 is 0.175. The van der Waals surface area contributed by atoms with Crippen molar-refractivity contribution in [2.45, 2.75) is 51.2 Å². The van der Waals surface area contributed by atoms with Crippen LogP contribution in [0.1, 0.15) is 46.5 Å². The molecule has 0 amide bonds. The summed E-state index contributed by atoms with van der Waals surface area (Å²) in [5, 5.41) is 3.16. The summed E-state index contributed by atoms with van der Waals surface area (Å²) >= 11 is 1.81. The van der Waals surface area contributed by atoms with E-state index in [0.29, 0.717) is 5.96 Å². The number of nitrogens with two attached hydrogens (primary N) is 1. The van der Waals surface area contributed by atoms with Crippen LogP contribution in [0.15, 0.2) is 4.99 Å². The topological polar surface area (TPSA) is 50.4 Å². The third-order valence-corrected chi connectivity index (χ3v) is 3.75. The number of nitrogens with one attached hydrogen (secondary N) is 1. The van der Waals surface area contributed by atoms with Crippen LogP contribution in [0.4, 0.5) is 0 Å². The molecule has 96 valence electrons. The Hall–Kier alpha value is -0.380. The summed E-state index contributed by atoms with van der Waals surface area (Å²) in [6, 6.07) is 0. The second-order valence-corrected chi connectivity index (χ2v) is 6.17. The molecule has 3 nitrogen and oxygen atoms in total. The number of thioether (sulfide) groups is 1. The first kappa shape index (κ1) is 15.6. The third kappa shape index (κ3) is 8.89. The minimum atomic E-state index is 0.175. The minimum absolute atomic E-state index is 0.175. The SMILES string of the molecule is CCCCCCNC(N)=NCC(C)(C)SC. The molecule has 0 saturated heterocycles. The predicted octanol–water partition coefficient (Wildman–Crippen LogP) is 2.61. The zero-order valence-corrected chi connectivity index (χ0v) is 12.0. The van der Waals surface area contributed by atoms with Gasteiger partial charge in [-0.1, -0.05) is 26.2 Å². The minimum Gasteiger partial charge on any atom is -0.370 e. The summed E-state index contributed by atoms with van der Waals surface area (Å²) in [4.78, 5) is 4.35. The van der Waals surface area contributed by atoms with E-state index in [-0.39, 0.29) is 4.75 Å². The average Bonchev–Trinajstić information content (AvgIpc) is 2.26.